The summed E-state index contributed by atoms with van der Waals surface area (Å²) in [7, 11) is 0. The van der Waals surface area contributed by atoms with Crippen molar-refractivity contribution in [2.75, 3.05) is 18.1 Å². The number of nitrogens with zero attached hydrogens (tertiary/aromatic N) is 1. The van der Waals surface area contributed by atoms with Crippen LogP contribution in [0.5, 0.6) is 0 Å². The summed E-state index contributed by atoms with van der Waals surface area (Å²) in [5, 5.41) is 3.48. The highest BCUT2D eigenvalue weighted by Crippen LogP contribution is 2.28. The molecule has 96 valence electrons. The number of nitrogens with one attached hydrogen (secondary N) is 1. The minimum atomic E-state index is -0.117. The molecule has 2 aliphatic heterocycles. The molecule has 1 saturated heterocycles. The van der Waals surface area contributed by atoms with Crippen LogP contribution in [0, 0.1) is 0 Å². The third-order valence-electron chi connectivity index (χ3n) is 3.70. The summed E-state index contributed by atoms with van der Waals surface area (Å²) in [5.41, 5.74) is 2.42. The molecule has 1 N–H and O–H groups in total. The Labute approximate surface area is 107 Å². The average Bonchev–Trinajstić information content (AvgIpc) is 2.72. The minimum Gasteiger partial charge on any atom is -0.464 e. The van der Waals surface area contributed by atoms with Gasteiger partial charge in [0.25, 0.3) is 0 Å². The van der Waals surface area contributed by atoms with Crippen LogP contribution in [-0.2, 0) is 16.1 Å². The van der Waals surface area contributed by atoms with Gasteiger partial charge in [0.2, 0.25) is 0 Å². The molecule has 1 aromatic rings. The molecule has 0 radical (unpaired) electrons. The fourth-order valence-corrected chi connectivity index (χ4v) is 2.75. The van der Waals surface area contributed by atoms with Crippen LogP contribution in [0.15, 0.2) is 24.3 Å². The second kappa shape index (κ2) is 4.61. The largest absolute Gasteiger partial charge is 0.464 e. The summed E-state index contributed by atoms with van der Waals surface area (Å²) < 4.78 is 5.11. The monoisotopic (exact) mass is 246 g/mol. The summed E-state index contributed by atoms with van der Waals surface area (Å²) in [5.74, 6) is -0.0843. The van der Waals surface area contributed by atoms with E-state index in [1.807, 2.05) is 12.1 Å². The second-order valence-corrected chi connectivity index (χ2v) is 5.03. The molecule has 2 aliphatic rings. The van der Waals surface area contributed by atoms with Gasteiger partial charge in [-0.15, -0.1) is 0 Å². The third kappa shape index (κ3) is 1.97. The first-order valence-corrected chi connectivity index (χ1v) is 6.50. The van der Waals surface area contributed by atoms with E-state index in [1.54, 1.807) is 0 Å². The van der Waals surface area contributed by atoms with E-state index in [1.165, 1.54) is 11.3 Å². The van der Waals surface area contributed by atoms with Crippen LogP contribution in [0.4, 0.5) is 5.69 Å². The van der Waals surface area contributed by atoms with Crippen molar-refractivity contribution < 1.29 is 9.53 Å². The van der Waals surface area contributed by atoms with Crippen LogP contribution in [-0.4, -0.2) is 31.2 Å². The third-order valence-corrected chi connectivity index (χ3v) is 3.70. The zero-order valence-corrected chi connectivity index (χ0v) is 10.6. The fourth-order valence-electron chi connectivity index (χ4n) is 2.75. The van der Waals surface area contributed by atoms with E-state index in [-0.39, 0.29) is 12.0 Å². The zero-order valence-electron chi connectivity index (χ0n) is 10.6. The Morgan fingerprint density at radius 2 is 2.22 bits per heavy atom. The van der Waals surface area contributed by atoms with Crippen molar-refractivity contribution in [1.82, 2.24) is 5.32 Å². The van der Waals surface area contributed by atoms with Gasteiger partial charge in [0.1, 0.15) is 6.04 Å². The Balaban J connectivity index is 1.98. The van der Waals surface area contributed by atoms with E-state index in [9.17, 15) is 4.79 Å². The number of anilines is 1. The first-order chi connectivity index (χ1) is 8.75. The van der Waals surface area contributed by atoms with Gasteiger partial charge in [0, 0.05) is 31.2 Å². The maximum absolute atomic E-state index is 11.8. The number of ether oxygens (including phenoxy) is 1. The predicted molar refractivity (Wildman–Crippen MR) is 69.5 cm³/mol. The molecule has 0 spiro atoms. The summed E-state index contributed by atoms with van der Waals surface area (Å²) in [4.78, 5) is 14.0. The second-order valence-electron chi connectivity index (χ2n) is 5.03. The number of rotatable bonds is 1. The SMILES string of the molecule is CC1CN(C2CCOC2=O)c2ccccc2CN1. The van der Waals surface area contributed by atoms with Crippen molar-refractivity contribution in [3.63, 3.8) is 0 Å². The van der Waals surface area contributed by atoms with Gasteiger partial charge in [-0.05, 0) is 18.6 Å². The lowest BCUT2D eigenvalue weighted by molar-refractivity contribution is -0.139. The van der Waals surface area contributed by atoms with Gasteiger partial charge in [-0.2, -0.15) is 0 Å². The Kier molecular flexibility index (Phi) is 2.96. The highest BCUT2D eigenvalue weighted by atomic mass is 16.5. The molecular weight excluding hydrogens is 228 g/mol. The van der Waals surface area contributed by atoms with Gasteiger partial charge in [-0.1, -0.05) is 18.2 Å². The van der Waals surface area contributed by atoms with Crippen molar-refractivity contribution in [3.05, 3.63) is 29.8 Å². The summed E-state index contributed by atoms with van der Waals surface area (Å²) in [6, 6.07) is 8.54. The molecule has 4 nitrogen and oxygen atoms in total. The molecule has 0 saturated carbocycles. The molecule has 18 heavy (non-hydrogen) atoms. The maximum Gasteiger partial charge on any atom is 0.328 e. The van der Waals surface area contributed by atoms with Crippen molar-refractivity contribution >= 4 is 11.7 Å². The van der Waals surface area contributed by atoms with E-state index in [4.69, 9.17) is 4.74 Å². The number of fused-ring (bicyclic) bond motifs is 1. The normalized spacial score (nSPS) is 27.6. The Bertz CT molecular complexity index is 461. The number of cyclic esters (lactones) is 1. The van der Waals surface area contributed by atoms with Crippen LogP contribution in [0.2, 0.25) is 0 Å². The van der Waals surface area contributed by atoms with Gasteiger partial charge in [-0.25, -0.2) is 4.79 Å². The molecular formula is C14H18N2O2. The highest BCUT2D eigenvalue weighted by Gasteiger charge is 2.34. The molecule has 2 unspecified atom stereocenters. The standard InChI is InChI=1S/C14H18N2O2/c1-10-9-16(13-6-7-18-14(13)17)12-5-3-2-4-11(12)8-15-10/h2-5,10,13,15H,6-9H2,1H3. The first-order valence-electron chi connectivity index (χ1n) is 6.50. The molecule has 0 aliphatic carbocycles. The number of carbonyl (C=O) groups is 1. The smallest absolute Gasteiger partial charge is 0.328 e. The lowest BCUT2D eigenvalue weighted by Crippen LogP contribution is -2.44. The Morgan fingerprint density at radius 1 is 1.39 bits per heavy atom. The number of para-hydroxylation sites is 1. The molecule has 0 bridgehead atoms. The van der Waals surface area contributed by atoms with Crippen LogP contribution in [0.1, 0.15) is 18.9 Å². The number of esters is 1. The molecule has 4 heteroatoms. The summed E-state index contributed by atoms with van der Waals surface area (Å²) >= 11 is 0. The van der Waals surface area contributed by atoms with Gasteiger partial charge >= 0.3 is 5.97 Å². The molecule has 0 aromatic heterocycles. The predicted octanol–water partition coefficient (Wildman–Crippen LogP) is 1.30. The van der Waals surface area contributed by atoms with E-state index < -0.39 is 0 Å². The van der Waals surface area contributed by atoms with Gasteiger partial charge < -0.3 is 15.0 Å². The van der Waals surface area contributed by atoms with Crippen molar-refractivity contribution in [3.8, 4) is 0 Å². The molecule has 0 amide bonds. The maximum atomic E-state index is 11.8. The van der Waals surface area contributed by atoms with E-state index in [0.717, 1.165) is 19.5 Å². The molecule has 3 rings (SSSR count). The van der Waals surface area contributed by atoms with Crippen molar-refractivity contribution in [2.24, 2.45) is 0 Å². The lowest BCUT2D eigenvalue weighted by atomic mass is 10.1. The zero-order chi connectivity index (χ0) is 12.5. The number of carbonyl (C=O) groups excluding carboxylic acids is 1. The number of hydrogen-bond donors (Lipinski definition) is 1. The van der Waals surface area contributed by atoms with E-state index >= 15 is 0 Å². The van der Waals surface area contributed by atoms with Crippen molar-refractivity contribution in [1.29, 1.82) is 0 Å². The molecule has 2 atom stereocenters. The first kappa shape index (κ1) is 11.5. The van der Waals surface area contributed by atoms with Crippen LogP contribution >= 0.6 is 0 Å². The molecule has 2 heterocycles. The highest BCUT2D eigenvalue weighted by molar-refractivity contribution is 5.82. The Hall–Kier alpha value is -1.55. The minimum absolute atomic E-state index is 0.0843. The van der Waals surface area contributed by atoms with Crippen LogP contribution in [0.3, 0.4) is 0 Å². The van der Waals surface area contributed by atoms with E-state index in [2.05, 4.69) is 29.3 Å². The lowest BCUT2D eigenvalue weighted by Gasteiger charge is -2.29. The van der Waals surface area contributed by atoms with Crippen LogP contribution in [0.25, 0.3) is 0 Å². The van der Waals surface area contributed by atoms with E-state index in [0.29, 0.717) is 12.6 Å². The summed E-state index contributed by atoms with van der Waals surface area (Å²) in [6.45, 7) is 4.40. The van der Waals surface area contributed by atoms with Gasteiger partial charge in [0.15, 0.2) is 0 Å². The van der Waals surface area contributed by atoms with Gasteiger partial charge in [0.05, 0.1) is 6.61 Å². The topological polar surface area (TPSA) is 41.6 Å². The Morgan fingerprint density at radius 3 is 3.00 bits per heavy atom. The molecule has 1 aromatic carbocycles. The molecule has 1 fully saturated rings. The van der Waals surface area contributed by atoms with Crippen LogP contribution < -0.4 is 10.2 Å². The quantitative estimate of drug-likeness (QED) is 0.758. The average molecular weight is 246 g/mol. The van der Waals surface area contributed by atoms with Gasteiger partial charge in [-0.3, -0.25) is 0 Å². The van der Waals surface area contributed by atoms with Crippen molar-refractivity contribution in [2.45, 2.75) is 32.0 Å². The number of hydrogen-bond acceptors (Lipinski definition) is 4. The number of benzene rings is 1. The fraction of sp³-hybridized carbons (Fsp3) is 0.500. The summed E-state index contributed by atoms with van der Waals surface area (Å²) in [6.07, 6.45) is 0.792.